The van der Waals surface area contributed by atoms with Gasteiger partial charge in [0.25, 0.3) is 5.91 Å². The fourth-order valence-corrected chi connectivity index (χ4v) is 4.82. The zero-order valence-electron chi connectivity index (χ0n) is 16.8. The molecule has 0 aliphatic carbocycles. The van der Waals surface area contributed by atoms with Gasteiger partial charge in [-0.2, -0.15) is 0 Å². The van der Waals surface area contributed by atoms with E-state index in [0.717, 1.165) is 41.2 Å². The van der Waals surface area contributed by atoms with E-state index in [4.69, 9.17) is 4.98 Å². The standard InChI is InChI=1S/C24H27N3OS/c1-27-16-13-18(14-17-27)12-15-25-23(28)24-26-21(19-8-4-2-5-9-19)22(29-24)20-10-6-3-7-11-20/h2-11,18H,12-17H2,1H3,(H,25,28). The number of piperidine rings is 1. The third kappa shape index (κ3) is 4.92. The van der Waals surface area contributed by atoms with E-state index in [1.165, 1.54) is 24.2 Å². The summed E-state index contributed by atoms with van der Waals surface area (Å²) in [5.74, 6) is 0.643. The van der Waals surface area contributed by atoms with E-state index in [1.807, 2.05) is 48.5 Å². The summed E-state index contributed by atoms with van der Waals surface area (Å²) in [6, 6.07) is 20.3. The Labute approximate surface area is 176 Å². The second-order valence-electron chi connectivity index (χ2n) is 7.72. The number of benzene rings is 2. The Morgan fingerprint density at radius 1 is 1.03 bits per heavy atom. The molecular weight excluding hydrogens is 378 g/mol. The monoisotopic (exact) mass is 405 g/mol. The highest BCUT2D eigenvalue weighted by molar-refractivity contribution is 7.17. The van der Waals surface area contributed by atoms with Gasteiger partial charge in [0.2, 0.25) is 0 Å². The lowest BCUT2D eigenvalue weighted by atomic mass is 9.94. The molecule has 1 amide bonds. The molecule has 0 bridgehead atoms. The van der Waals surface area contributed by atoms with Gasteiger partial charge < -0.3 is 10.2 Å². The first-order chi connectivity index (χ1) is 14.2. The number of rotatable bonds is 6. The molecule has 0 unspecified atom stereocenters. The van der Waals surface area contributed by atoms with Crippen molar-refractivity contribution < 1.29 is 4.79 Å². The zero-order valence-corrected chi connectivity index (χ0v) is 17.6. The predicted octanol–water partition coefficient (Wildman–Crippen LogP) is 4.94. The van der Waals surface area contributed by atoms with E-state index in [-0.39, 0.29) is 5.91 Å². The van der Waals surface area contributed by atoms with Gasteiger partial charge in [-0.3, -0.25) is 4.79 Å². The number of likely N-dealkylation sites (tertiary alicyclic amines) is 1. The summed E-state index contributed by atoms with van der Waals surface area (Å²) in [6.45, 7) is 3.03. The van der Waals surface area contributed by atoms with Crippen LogP contribution in [0.2, 0.25) is 0 Å². The molecule has 4 rings (SSSR count). The van der Waals surface area contributed by atoms with Crippen LogP contribution in [0.3, 0.4) is 0 Å². The van der Waals surface area contributed by atoms with Gasteiger partial charge in [-0.25, -0.2) is 4.98 Å². The fraction of sp³-hybridized carbons (Fsp3) is 0.333. The number of carbonyl (C=O) groups excluding carboxylic acids is 1. The Hall–Kier alpha value is -2.50. The number of hydrogen-bond acceptors (Lipinski definition) is 4. The third-order valence-electron chi connectivity index (χ3n) is 5.58. The van der Waals surface area contributed by atoms with Crippen molar-refractivity contribution in [3.63, 3.8) is 0 Å². The maximum atomic E-state index is 12.8. The molecule has 29 heavy (non-hydrogen) atoms. The van der Waals surface area contributed by atoms with E-state index >= 15 is 0 Å². The summed E-state index contributed by atoms with van der Waals surface area (Å²) >= 11 is 1.47. The van der Waals surface area contributed by atoms with Crippen molar-refractivity contribution in [3.05, 3.63) is 65.7 Å². The SMILES string of the molecule is CN1CCC(CCNC(=O)c2nc(-c3ccccc3)c(-c3ccccc3)s2)CC1. The van der Waals surface area contributed by atoms with Crippen molar-refractivity contribution in [1.29, 1.82) is 0 Å². The van der Waals surface area contributed by atoms with Crippen LogP contribution in [0.4, 0.5) is 0 Å². The van der Waals surface area contributed by atoms with Crippen LogP contribution in [0.1, 0.15) is 29.1 Å². The van der Waals surface area contributed by atoms with E-state index in [2.05, 4.69) is 29.4 Å². The molecule has 1 saturated heterocycles. The number of hydrogen-bond donors (Lipinski definition) is 1. The lowest BCUT2D eigenvalue weighted by molar-refractivity contribution is 0.0948. The minimum atomic E-state index is -0.0673. The predicted molar refractivity (Wildman–Crippen MR) is 120 cm³/mol. The Morgan fingerprint density at radius 2 is 1.66 bits per heavy atom. The summed E-state index contributed by atoms with van der Waals surface area (Å²) in [7, 11) is 2.18. The van der Waals surface area contributed by atoms with Crippen molar-refractivity contribution in [2.75, 3.05) is 26.7 Å². The molecule has 3 aromatic rings. The Morgan fingerprint density at radius 3 is 2.31 bits per heavy atom. The molecule has 0 spiro atoms. The molecule has 5 heteroatoms. The van der Waals surface area contributed by atoms with Crippen LogP contribution in [0.5, 0.6) is 0 Å². The van der Waals surface area contributed by atoms with Crippen molar-refractivity contribution >= 4 is 17.2 Å². The van der Waals surface area contributed by atoms with Crippen LogP contribution < -0.4 is 5.32 Å². The molecule has 4 nitrogen and oxygen atoms in total. The van der Waals surface area contributed by atoms with Crippen molar-refractivity contribution in [2.45, 2.75) is 19.3 Å². The van der Waals surface area contributed by atoms with Crippen LogP contribution in [0.25, 0.3) is 21.7 Å². The molecule has 1 aliphatic rings. The molecule has 2 heterocycles. The molecule has 0 atom stereocenters. The highest BCUT2D eigenvalue weighted by atomic mass is 32.1. The number of thiazole rings is 1. The van der Waals surface area contributed by atoms with E-state index in [0.29, 0.717) is 17.5 Å². The third-order valence-corrected chi connectivity index (χ3v) is 6.68. The summed E-state index contributed by atoms with van der Waals surface area (Å²) in [4.78, 5) is 20.9. The number of carbonyl (C=O) groups is 1. The van der Waals surface area contributed by atoms with E-state index < -0.39 is 0 Å². The largest absolute Gasteiger partial charge is 0.350 e. The number of nitrogens with one attached hydrogen (secondary N) is 1. The summed E-state index contributed by atoms with van der Waals surface area (Å²) < 4.78 is 0. The molecule has 1 aromatic heterocycles. The molecular formula is C24H27N3OS. The molecule has 150 valence electrons. The summed E-state index contributed by atoms with van der Waals surface area (Å²) in [6.07, 6.45) is 3.49. The lowest BCUT2D eigenvalue weighted by Crippen LogP contribution is -2.32. The molecule has 0 radical (unpaired) electrons. The van der Waals surface area contributed by atoms with Crippen molar-refractivity contribution in [1.82, 2.24) is 15.2 Å². The van der Waals surface area contributed by atoms with Crippen LogP contribution in [-0.2, 0) is 0 Å². The Balaban J connectivity index is 1.48. The van der Waals surface area contributed by atoms with Gasteiger partial charge in [0.15, 0.2) is 5.01 Å². The topological polar surface area (TPSA) is 45.2 Å². The molecule has 0 saturated carbocycles. The van der Waals surface area contributed by atoms with Gasteiger partial charge in [-0.1, -0.05) is 60.7 Å². The van der Waals surface area contributed by atoms with Gasteiger partial charge in [0.05, 0.1) is 10.6 Å². The minimum absolute atomic E-state index is 0.0673. The Bertz CT molecular complexity index is 874. The first-order valence-corrected chi connectivity index (χ1v) is 11.1. The maximum absolute atomic E-state index is 12.8. The average molecular weight is 406 g/mol. The van der Waals surface area contributed by atoms with Gasteiger partial charge in [-0.05, 0) is 50.9 Å². The number of aromatic nitrogens is 1. The van der Waals surface area contributed by atoms with Gasteiger partial charge in [0.1, 0.15) is 0 Å². The van der Waals surface area contributed by atoms with Gasteiger partial charge in [-0.15, -0.1) is 11.3 Å². The second-order valence-corrected chi connectivity index (χ2v) is 8.72. The number of amides is 1. The first kappa shape index (κ1) is 19.8. The average Bonchev–Trinajstić information content (AvgIpc) is 3.22. The van der Waals surface area contributed by atoms with Gasteiger partial charge in [0, 0.05) is 12.1 Å². The maximum Gasteiger partial charge on any atom is 0.280 e. The van der Waals surface area contributed by atoms with Crippen LogP contribution in [0.15, 0.2) is 60.7 Å². The molecule has 1 aliphatic heterocycles. The van der Waals surface area contributed by atoms with Crippen LogP contribution >= 0.6 is 11.3 Å². The molecule has 2 aromatic carbocycles. The molecule has 1 N–H and O–H groups in total. The quantitative estimate of drug-likeness (QED) is 0.632. The van der Waals surface area contributed by atoms with Crippen LogP contribution in [-0.4, -0.2) is 42.5 Å². The molecule has 1 fully saturated rings. The highest BCUT2D eigenvalue weighted by Gasteiger charge is 2.20. The minimum Gasteiger partial charge on any atom is -0.350 e. The highest BCUT2D eigenvalue weighted by Crippen LogP contribution is 2.36. The van der Waals surface area contributed by atoms with Crippen molar-refractivity contribution in [2.24, 2.45) is 5.92 Å². The van der Waals surface area contributed by atoms with E-state index in [1.54, 1.807) is 0 Å². The second kappa shape index (κ2) is 9.33. The first-order valence-electron chi connectivity index (χ1n) is 10.3. The fourth-order valence-electron chi connectivity index (χ4n) is 3.81. The van der Waals surface area contributed by atoms with Crippen molar-refractivity contribution in [3.8, 4) is 21.7 Å². The normalized spacial score (nSPS) is 15.3. The van der Waals surface area contributed by atoms with Gasteiger partial charge >= 0.3 is 0 Å². The number of nitrogens with zero attached hydrogens (tertiary/aromatic N) is 2. The summed E-state index contributed by atoms with van der Waals surface area (Å²) in [5, 5.41) is 3.63. The smallest absolute Gasteiger partial charge is 0.280 e. The lowest BCUT2D eigenvalue weighted by Gasteiger charge is -2.28. The van der Waals surface area contributed by atoms with Crippen LogP contribution in [0, 0.1) is 5.92 Å². The zero-order chi connectivity index (χ0) is 20.1. The van der Waals surface area contributed by atoms with E-state index in [9.17, 15) is 4.79 Å². The summed E-state index contributed by atoms with van der Waals surface area (Å²) in [5.41, 5.74) is 3.00. The Kier molecular flexibility index (Phi) is 6.37.